The lowest BCUT2D eigenvalue weighted by Gasteiger charge is -2.18. The summed E-state index contributed by atoms with van der Waals surface area (Å²) in [4.78, 5) is 0. The molecule has 4 N–H and O–H groups in total. The van der Waals surface area contributed by atoms with E-state index in [0.29, 0.717) is 23.0 Å². The lowest BCUT2D eigenvalue weighted by Crippen LogP contribution is -2.28. The van der Waals surface area contributed by atoms with E-state index in [-0.39, 0.29) is 5.69 Å². The first-order valence-electron chi connectivity index (χ1n) is 7.12. The van der Waals surface area contributed by atoms with Gasteiger partial charge in [-0.25, -0.2) is 0 Å². The van der Waals surface area contributed by atoms with Crippen molar-refractivity contribution in [1.29, 1.82) is 0 Å². The van der Waals surface area contributed by atoms with Crippen molar-refractivity contribution in [3.63, 3.8) is 0 Å². The first-order chi connectivity index (χ1) is 10.1. The molecule has 1 aliphatic rings. The third kappa shape index (κ3) is 3.29. The van der Waals surface area contributed by atoms with Crippen molar-refractivity contribution in [3.05, 3.63) is 35.4 Å². The van der Waals surface area contributed by atoms with Crippen LogP contribution < -0.4 is 9.80 Å². The molecule has 6 nitrogen and oxygen atoms in total. The van der Waals surface area contributed by atoms with Gasteiger partial charge >= 0.3 is 5.88 Å². The van der Waals surface area contributed by atoms with E-state index in [1.54, 1.807) is 12.1 Å². The van der Waals surface area contributed by atoms with E-state index in [4.69, 9.17) is 4.74 Å². The van der Waals surface area contributed by atoms with Crippen molar-refractivity contribution in [2.75, 3.05) is 6.61 Å². The summed E-state index contributed by atoms with van der Waals surface area (Å²) in [7, 11) is 0. The van der Waals surface area contributed by atoms with Crippen LogP contribution in [0.15, 0.2) is 29.8 Å². The second-order valence-electron chi connectivity index (χ2n) is 5.05. The second kappa shape index (κ2) is 6.80. The number of hydrogen-bond donors (Lipinski definition) is 4. The Bertz CT molecular complexity index is 529. The number of hydroxylamine groups is 1. The number of nitrogens with zero attached hydrogens (tertiary/aromatic N) is 1. The molecule has 0 fully saturated rings. The zero-order chi connectivity index (χ0) is 15.4. The van der Waals surface area contributed by atoms with E-state index < -0.39 is 17.7 Å². The van der Waals surface area contributed by atoms with Gasteiger partial charge in [-0.1, -0.05) is 26.2 Å². The minimum absolute atomic E-state index is 0.184. The molecule has 6 heteroatoms. The van der Waals surface area contributed by atoms with E-state index in [1.807, 2.05) is 0 Å². The number of benzene rings is 1. The van der Waals surface area contributed by atoms with Crippen molar-refractivity contribution >= 4 is 5.69 Å². The number of fused-ring (bicyclic) bond motifs is 1. The van der Waals surface area contributed by atoms with Crippen LogP contribution in [0.25, 0.3) is 0 Å². The van der Waals surface area contributed by atoms with E-state index in [1.165, 1.54) is 12.5 Å². The molecule has 1 aliphatic heterocycles. The monoisotopic (exact) mass is 295 g/mol. The van der Waals surface area contributed by atoms with Crippen molar-refractivity contribution in [3.8, 4) is 5.75 Å². The molecule has 1 aromatic rings. The summed E-state index contributed by atoms with van der Waals surface area (Å²) in [6.07, 6.45) is 3.02. The molecule has 0 saturated heterocycles. The van der Waals surface area contributed by atoms with Crippen molar-refractivity contribution in [2.24, 2.45) is 0 Å². The number of aliphatic hydroxyl groups is 3. The van der Waals surface area contributed by atoms with Crippen molar-refractivity contribution in [1.82, 2.24) is 5.06 Å². The molecule has 1 heterocycles. The SMILES string of the molecule is CCCCCCOc1ccc2c(c1)[N+](O)C(O)=C(O)C2O. The summed E-state index contributed by atoms with van der Waals surface area (Å²) in [5.74, 6) is -0.931. The molecule has 115 valence electrons. The van der Waals surface area contributed by atoms with Crippen LogP contribution >= 0.6 is 0 Å². The van der Waals surface area contributed by atoms with E-state index in [2.05, 4.69) is 6.92 Å². The summed E-state index contributed by atoms with van der Waals surface area (Å²) >= 11 is 0. The number of anilines is 1. The second-order valence-corrected chi connectivity index (χ2v) is 5.05. The number of unbranched alkanes of at least 4 members (excludes halogenated alkanes) is 3. The van der Waals surface area contributed by atoms with Crippen LogP contribution in [0, 0.1) is 0 Å². The lowest BCUT2D eigenvalue weighted by molar-refractivity contribution is 0.0206. The Kier molecular flexibility index (Phi) is 5.06. The third-order valence-corrected chi connectivity index (χ3v) is 3.48. The molecule has 1 atom stereocenters. The number of ether oxygens (including phenoxy) is 1. The quantitative estimate of drug-likeness (QED) is 0.477. The molecular weight excluding hydrogens is 274 g/mol. The molecule has 1 aromatic carbocycles. The van der Waals surface area contributed by atoms with Crippen molar-refractivity contribution in [2.45, 2.75) is 38.7 Å². The first-order valence-corrected chi connectivity index (χ1v) is 7.12. The Morgan fingerprint density at radius 2 is 1.95 bits per heavy atom. The minimum atomic E-state index is -1.36. The molecule has 0 aliphatic carbocycles. The highest BCUT2D eigenvalue weighted by molar-refractivity contribution is 5.57. The van der Waals surface area contributed by atoms with Gasteiger partial charge in [-0.05, 0) is 18.6 Å². The first kappa shape index (κ1) is 15.6. The molecular formula is C15H21NO5+. The van der Waals surface area contributed by atoms with E-state index >= 15 is 0 Å². The summed E-state index contributed by atoms with van der Waals surface area (Å²) < 4.78 is 5.58. The predicted molar refractivity (Wildman–Crippen MR) is 76.9 cm³/mol. The fraction of sp³-hybridized carbons (Fsp3) is 0.467. The Balaban J connectivity index is 2.07. The lowest BCUT2D eigenvalue weighted by atomic mass is 10.0. The minimum Gasteiger partial charge on any atom is -0.502 e. The summed E-state index contributed by atoms with van der Waals surface area (Å²) in [5.41, 5.74) is 0.481. The van der Waals surface area contributed by atoms with Gasteiger partial charge in [0.05, 0.1) is 18.2 Å². The smallest absolute Gasteiger partial charge is 0.424 e. The van der Waals surface area contributed by atoms with Crippen molar-refractivity contribution < 1.29 is 25.3 Å². The molecule has 0 saturated carbocycles. The molecule has 0 bridgehead atoms. The molecule has 0 amide bonds. The average molecular weight is 295 g/mol. The summed E-state index contributed by atoms with van der Waals surface area (Å²) in [6.45, 7) is 2.71. The summed E-state index contributed by atoms with van der Waals surface area (Å²) in [5, 5.41) is 39.1. The fourth-order valence-corrected chi connectivity index (χ4v) is 2.24. The largest absolute Gasteiger partial charge is 0.502 e. The van der Waals surface area contributed by atoms with Crippen LogP contribution in [0.4, 0.5) is 5.69 Å². The van der Waals surface area contributed by atoms with Gasteiger partial charge in [-0.15, -0.1) is 5.21 Å². The number of rotatable bonds is 6. The Morgan fingerprint density at radius 1 is 1.19 bits per heavy atom. The van der Waals surface area contributed by atoms with Gasteiger partial charge in [0.15, 0.2) is 6.10 Å². The van der Waals surface area contributed by atoms with Crippen LogP contribution in [0.5, 0.6) is 5.75 Å². The van der Waals surface area contributed by atoms with Gasteiger partial charge in [0.1, 0.15) is 10.8 Å². The van der Waals surface area contributed by atoms with Crippen LogP contribution in [-0.4, -0.2) is 27.1 Å². The zero-order valence-corrected chi connectivity index (χ0v) is 12.0. The number of aliphatic hydroxyl groups excluding tert-OH is 3. The third-order valence-electron chi connectivity index (χ3n) is 3.48. The summed E-state index contributed by atoms with van der Waals surface area (Å²) in [6, 6.07) is 4.72. The highest BCUT2D eigenvalue weighted by Crippen LogP contribution is 2.38. The molecule has 0 aromatic heterocycles. The standard InChI is InChI=1S/C15H21NO5/c1-2-3-4-5-8-21-10-6-7-11-12(9-10)16(20)15(19)14(18)13(11)17/h6-7,9,13,17-20H,2-5,8H2,1H3/q+1. The van der Waals surface area contributed by atoms with E-state index in [9.17, 15) is 20.5 Å². The molecule has 0 spiro atoms. The van der Waals surface area contributed by atoms with Gasteiger partial charge in [0, 0.05) is 0 Å². The number of hydrogen-bond acceptors (Lipinski definition) is 6. The maximum atomic E-state index is 9.84. The van der Waals surface area contributed by atoms with Crippen LogP contribution in [0.2, 0.25) is 0 Å². The van der Waals surface area contributed by atoms with Gasteiger partial charge in [0.25, 0.3) is 0 Å². The molecule has 1 unspecified atom stereocenters. The highest BCUT2D eigenvalue weighted by Gasteiger charge is 2.42. The van der Waals surface area contributed by atoms with Gasteiger partial charge < -0.3 is 20.1 Å². The van der Waals surface area contributed by atoms with Crippen LogP contribution in [0.1, 0.15) is 44.3 Å². The zero-order valence-electron chi connectivity index (χ0n) is 12.0. The predicted octanol–water partition coefficient (Wildman–Crippen LogP) is 3.14. The Hall–Kier alpha value is -1.76. The van der Waals surface area contributed by atoms with Gasteiger partial charge in [-0.3, -0.25) is 0 Å². The highest BCUT2D eigenvalue weighted by atomic mass is 16.5. The Morgan fingerprint density at radius 3 is 2.67 bits per heavy atom. The molecule has 21 heavy (non-hydrogen) atoms. The molecule has 2 rings (SSSR count). The van der Waals surface area contributed by atoms with Crippen LogP contribution in [-0.2, 0) is 0 Å². The maximum absolute atomic E-state index is 9.84. The van der Waals surface area contributed by atoms with Gasteiger partial charge in [0.2, 0.25) is 11.4 Å². The fourth-order valence-electron chi connectivity index (χ4n) is 2.24. The van der Waals surface area contributed by atoms with E-state index in [0.717, 1.165) is 19.3 Å². The van der Waals surface area contributed by atoms with Gasteiger partial charge in [-0.2, -0.15) is 0 Å². The van der Waals surface area contributed by atoms with Crippen LogP contribution in [0.3, 0.4) is 0 Å². The molecule has 1 radical (unpaired) electrons. The maximum Gasteiger partial charge on any atom is 0.424 e. The normalized spacial score (nSPS) is 18.7. The Labute approximate surface area is 123 Å². The average Bonchev–Trinajstić information content (AvgIpc) is 2.50. The topological polar surface area (TPSA) is 96.1 Å².